The molecule has 1 N–H and O–H groups in total. The number of hydrogen-bond acceptors (Lipinski definition) is 4. The van der Waals surface area contributed by atoms with Crippen LogP contribution in [0.25, 0.3) is 0 Å². The Hall–Kier alpha value is -3.29. The number of hydrogen-bond donors (Lipinski definition) is 1. The number of nitrogens with zero attached hydrogens (tertiary/aromatic N) is 1. The normalized spacial score (nSPS) is 16.7. The van der Waals surface area contributed by atoms with E-state index in [2.05, 4.69) is 10.1 Å². The van der Waals surface area contributed by atoms with Gasteiger partial charge in [0.25, 0.3) is 17.7 Å². The number of carbonyl (C=O) groups excluding carboxylic acids is 3. The first kappa shape index (κ1) is 20.0. The molecule has 0 unspecified atom stereocenters. The molecule has 0 saturated heterocycles. The van der Waals surface area contributed by atoms with Crippen molar-refractivity contribution in [3.05, 3.63) is 59.2 Å². The number of carbonyl (C=O) groups is 3. The van der Waals surface area contributed by atoms with Crippen molar-refractivity contribution in [2.24, 2.45) is 0 Å². The van der Waals surface area contributed by atoms with Crippen LogP contribution >= 0.6 is 0 Å². The maximum Gasteiger partial charge on any atom is 0.387 e. The van der Waals surface area contributed by atoms with E-state index in [1.54, 1.807) is 0 Å². The topological polar surface area (TPSA) is 75.7 Å². The molecule has 0 bridgehead atoms. The summed E-state index contributed by atoms with van der Waals surface area (Å²) in [6.45, 7) is -2.93. The standard InChI is InChI=1S/C22H20F2N2O4/c23-22(24)30-16-9-7-14(8-10-16)25-19(27)13-6-11-17-18(12-13)21(29)26(20(17)28)15-4-2-1-3-5-15/h6-12,15,22H,1-5H2,(H,25,27). The Balaban J connectivity index is 1.49. The SMILES string of the molecule is O=C(Nc1ccc(OC(F)F)cc1)c1ccc2c(c1)C(=O)N(C1CCCCC1)C2=O. The number of halogens is 2. The van der Waals surface area contributed by atoms with E-state index in [4.69, 9.17) is 0 Å². The van der Waals surface area contributed by atoms with Gasteiger partial charge in [0.2, 0.25) is 0 Å². The Morgan fingerprint density at radius 1 is 0.967 bits per heavy atom. The van der Waals surface area contributed by atoms with Crippen LogP contribution in [0.3, 0.4) is 0 Å². The zero-order valence-corrected chi connectivity index (χ0v) is 16.1. The number of fused-ring (bicyclic) bond motifs is 1. The number of alkyl halides is 2. The van der Waals surface area contributed by atoms with E-state index < -0.39 is 12.5 Å². The molecule has 1 saturated carbocycles. The second-order valence-corrected chi connectivity index (χ2v) is 7.39. The molecule has 0 radical (unpaired) electrons. The van der Waals surface area contributed by atoms with E-state index in [1.165, 1.54) is 47.4 Å². The molecule has 8 heteroatoms. The van der Waals surface area contributed by atoms with Gasteiger partial charge < -0.3 is 10.1 Å². The largest absolute Gasteiger partial charge is 0.435 e. The fourth-order valence-electron chi connectivity index (χ4n) is 3.99. The Morgan fingerprint density at radius 2 is 1.63 bits per heavy atom. The number of benzene rings is 2. The van der Waals surface area contributed by atoms with Crippen LogP contribution < -0.4 is 10.1 Å². The van der Waals surface area contributed by atoms with Gasteiger partial charge >= 0.3 is 6.61 Å². The average Bonchev–Trinajstić information content (AvgIpc) is 2.99. The smallest absolute Gasteiger partial charge is 0.387 e. The lowest BCUT2D eigenvalue weighted by atomic mass is 9.94. The lowest BCUT2D eigenvalue weighted by Gasteiger charge is -2.29. The molecule has 0 spiro atoms. The van der Waals surface area contributed by atoms with Gasteiger partial charge in [0, 0.05) is 17.3 Å². The van der Waals surface area contributed by atoms with Gasteiger partial charge in [-0.3, -0.25) is 19.3 Å². The highest BCUT2D eigenvalue weighted by atomic mass is 19.3. The number of imide groups is 1. The molecule has 156 valence electrons. The summed E-state index contributed by atoms with van der Waals surface area (Å²) < 4.78 is 28.7. The number of nitrogens with one attached hydrogen (secondary N) is 1. The third-order valence-electron chi connectivity index (χ3n) is 5.46. The number of anilines is 1. The second kappa shape index (κ2) is 8.22. The fraction of sp³-hybridized carbons (Fsp3) is 0.318. The summed E-state index contributed by atoms with van der Waals surface area (Å²) in [7, 11) is 0. The number of rotatable bonds is 5. The maximum atomic E-state index is 12.9. The quantitative estimate of drug-likeness (QED) is 0.733. The minimum atomic E-state index is -2.93. The van der Waals surface area contributed by atoms with E-state index >= 15 is 0 Å². The summed E-state index contributed by atoms with van der Waals surface area (Å²) in [6.07, 6.45) is 4.72. The van der Waals surface area contributed by atoms with Gasteiger partial charge in [0.15, 0.2) is 0 Å². The van der Waals surface area contributed by atoms with E-state index in [1.807, 2.05) is 0 Å². The highest BCUT2D eigenvalue weighted by Crippen LogP contribution is 2.31. The molecule has 4 rings (SSSR count). The molecule has 1 aliphatic carbocycles. The molecule has 6 nitrogen and oxygen atoms in total. The molecule has 1 heterocycles. The van der Waals surface area contributed by atoms with E-state index in [-0.39, 0.29) is 34.7 Å². The van der Waals surface area contributed by atoms with Crippen molar-refractivity contribution in [3.8, 4) is 5.75 Å². The lowest BCUT2D eigenvalue weighted by molar-refractivity contribution is -0.0498. The van der Waals surface area contributed by atoms with Crippen LogP contribution in [0.4, 0.5) is 14.5 Å². The summed E-state index contributed by atoms with van der Waals surface area (Å²) >= 11 is 0. The molecule has 1 fully saturated rings. The lowest BCUT2D eigenvalue weighted by Crippen LogP contribution is -2.40. The fourth-order valence-corrected chi connectivity index (χ4v) is 3.99. The highest BCUT2D eigenvalue weighted by Gasteiger charge is 2.40. The summed E-state index contributed by atoms with van der Waals surface area (Å²) in [5, 5.41) is 2.64. The molecule has 30 heavy (non-hydrogen) atoms. The minimum absolute atomic E-state index is 0.0209. The molecule has 1 aliphatic heterocycles. The Bertz CT molecular complexity index is 985. The monoisotopic (exact) mass is 414 g/mol. The maximum absolute atomic E-state index is 12.9. The van der Waals surface area contributed by atoms with Gasteiger partial charge in [-0.25, -0.2) is 0 Å². The van der Waals surface area contributed by atoms with Gasteiger partial charge in [-0.2, -0.15) is 8.78 Å². The van der Waals surface area contributed by atoms with Crippen molar-refractivity contribution in [2.45, 2.75) is 44.8 Å². The summed E-state index contributed by atoms with van der Waals surface area (Å²) in [5.74, 6) is -1.15. The van der Waals surface area contributed by atoms with Gasteiger partial charge in [0.1, 0.15) is 5.75 Å². The van der Waals surface area contributed by atoms with Crippen molar-refractivity contribution in [1.29, 1.82) is 0 Å². The van der Waals surface area contributed by atoms with Crippen molar-refractivity contribution in [1.82, 2.24) is 4.90 Å². The van der Waals surface area contributed by atoms with Crippen LogP contribution in [0.5, 0.6) is 5.75 Å². The Morgan fingerprint density at radius 3 is 2.30 bits per heavy atom. The van der Waals surface area contributed by atoms with Crippen LogP contribution in [0, 0.1) is 0 Å². The molecule has 2 aromatic rings. The summed E-state index contributed by atoms with van der Waals surface area (Å²) in [6, 6.07) is 9.85. The van der Waals surface area contributed by atoms with E-state index in [0.717, 1.165) is 32.1 Å². The van der Waals surface area contributed by atoms with Crippen molar-refractivity contribution >= 4 is 23.4 Å². The first-order valence-electron chi connectivity index (χ1n) is 9.82. The minimum Gasteiger partial charge on any atom is -0.435 e. The molecular formula is C22H20F2N2O4. The molecule has 0 atom stereocenters. The molecule has 2 aromatic carbocycles. The van der Waals surface area contributed by atoms with Crippen LogP contribution in [0.2, 0.25) is 0 Å². The second-order valence-electron chi connectivity index (χ2n) is 7.39. The molecule has 3 amide bonds. The zero-order valence-electron chi connectivity index (χ0n) is 16.1. The van der Waals surface area contributed by atoms with Crippen molar-refractivity contribution < 1.29 is 27.9 Å². The van der Waals surface area contributed by atoms with E-state index in [0.29, 0.717) is 11.3 Å². The summed E-state index contributed by atoms with van der Waals surface area (Å²) in [4.78, 5) is 39.5. The van der Waals surface area contributed by atoms with Crippen LogP contribution in [-0.4, -0.2) is 35.3 Å². The van der Waals surface area contributed by atoms with Gasteiger partial charge in [-0.1, -0.05) is 19.3 Å². The first-order chi connectivity index (χ1) is 14.4. The molecule has 2 aliphatic rings. The predicted octanol–water partition coefficient (Wildman–Crippen LogP) is 4.47. The van der Waals surface area contributed by atoms with Gasteiger partial charge in [0.05, 0.1) is 11.1 Å². The number of amides is 3. The summed E-state index contributed by atoms with van der Waals surface area (Å²) in [5.41, 5.74) is 1.16. The average molecular weight is 414 g/mol. The van der Waals surface area contributed by atoms with Crippen molar-refractivity contribution in [3.63, 3.8) is 0 Å². The van der Waals surface area contributed by atoms with E-state index in [9.17, 15) is 23.2 Å². The first-order valence-corrected chi connectivity index (χ1v) is 9.82. The van der Waals surface area contributed by atoms with Crippen LogP contribution in [0.15, 0.2) is 42.5 Å². The Kier molecular flexibility index (Phi) is 5.48. The molecule has 0 aromatic heterocycles. The highest BCUT2D eigenvalue weighted by molar-refractivity contribution is 6.22. The molecular weight excluding hydrogens is 394 g/mol. The third-order valence-corrected chi connectivity index (χ3v) is 5.46. The van der Waals surface area contributed by atoms with Crippen LogP contribution in [-0.2, 0) is 0 Å². The van der Waals surface area contributed by atoms with Crippen molar-refractivity contribution in [2.75, 3.05) is 5.32 Å². The Labute approximate surface area is 171 Å². The third kappa shape index (κ3) is 3.90. The zero-order chi connectivity index (χ0) is 21.3. The van der Waals surface area contributed by atoms with Gasteiger partial charge in [-0.15, -0.1) is 0 Å². The number of ether oxygens (including phenoxy) is 1. The van der Waals surface area contributed by atoms with Crippen LogP contribution in [0.1, 0.15) is 63.2 Å². The van der Waals surface area contributed by atoms with Gasteiger partial charge in [-0.05, 0) is 55.3 Å². The predicted molar refractivity (Wildman–Crippen MR) is 105 cm³/mol.